The van der Waals surface area contributed by atoms with Crippen molar-refractivity contribution >= 4 is 32.6 Å². The highest BCUT2D eigenvalue weighted by atomic mass is 32.1. The zero-order valence-electron chi connectivity index (χ0n) is 10.8. The highest BCUT2D eigenvalue weighted by molar-refractivity contribution is 7.22. The summed E-state index contributed by atoms with van der Waals surface area (Å²) < 4.78 is 0.908. The van der Waals surface area contributed by atoms with Crippen LogP contribution in [-0.4, -0.2) is 21.1 Å². The Morgan fingerprint density at radius 3 is 3.10 bits per heavy atom. The van der Waals surface area contributed by atoms with Gasteiger partial charge in [0.2, 0.25) is 0 Å². The molecule has 1 unspecified atom stereocenters. The lowest BCUT2D eigenvalue weighted by Gasteiger charge is -2.11. The first-order chi connectivity index (χ1) is 9.63. The van der Waals surface area contributed by atoms with Gasteiger partial charge in [-0.15, -0.1) is 0 Å². The number of nitrogens with one attached hydrogen (secondary N) is 2. The summed E-state index contributed by atoms with van der Waals surface area (Å²) in [5.74, 6) is -0.132. The van der Waals surface area contributed by atoms with Crippen LogP contribution in [-0.2, 0) is 0 Å². The number of hydrogen-bond donors (Lipinski definition) is 3. The lowest BCUT2D eigenvalue weighted by Crippen LogP contribution is -2.26. The number of anilines is 1. The van der Waals surface area contributed by atoms with Crippen molar-refractivity contribution < 1.29 is 4.79 Å². The molecule has 0 radical (unpaired) electrons. The van der Waals surface area contributed by atoms with Gasteiger partial charge in [0.05, 0.1) is 22.5 Å². The Labute approximate surface area is 119 Å². The van der Waals surface area contributed by atoms with Crippen molar-refractivity contribution in [3.05, 3.63) is 41.7 Å². The standard InChI is InChI=1S/C13H13N5OS/c1-7(9-5-15-16-6-9)17-12(19)8-2-3-10-11(4-8)20-13(14)18-10/h2-7H,1H3,(H2,14,18)(H,15,16)(H,17,19). The van der Waals surface area contributed by atoms with E-state index in [1.165, 1.54) is 11.3 Å². The van der Waals surface area contributed by atoms with Crippen LogP contribution >= 0.6 is 11.3 Å². The molecule has 0 fully saturated rings. The fourth-order valence-electron chi connectivity index (χ4n) is 1.94. The lowest BCUT2D eigenvalue weighted by molar-refractivity contribution is 0.0940. The quantitative estimate of drug-likeness (QED) is 0.687. The van der Waals surface area contributed by atoms with Crippen LogP contribution in [0.5, 0.6) is 0 Å². The molecule has 7 heteroatoms. The number of benzene rings is 1. The van der Waals surface area contributed by atoms with Crippen molar-refractivity contribution in [1.82, 2.24) is 20.5 Å². The summed E-state index contributed by atoms with van der Waals surface area (Å²) in [4.78, 5) is 16.4. The van der Waals surface area contributed by atoms with E-state index in [4.69, 9.17) is 5.73 Å². The number of carbonyl (C=O) groups excluding carboxylic acids is 1. The van der Waals surface area contributed by atoms with E-state index in [-0.39, 0.29) is 11.9 Å². The molecule has 3 aromatic rings. The Morgan fingerprint density at radius 1 is 1.50 bits per heavy atom. The molecule has 102 valence electrons. The largest absolute Gasteiger partial charge is 0.375 e. The SMILES string of the molecule is CC(NC(=O)c1ccc2nc(N)sc2c1)c1cn[nH]c1. The molecule has 20 heavy (non-hydrogen) atoms. The Hall–Kier alpha value is -2.41. The number of fused-ring (bicyclic) bond motifs is 1. The van der Waals surface area contributed by atoms with Crippen molar-refractivity contribution in [2.75, 3.05) is 5.73 Å². The molecule has 0 spiro atoms. The van der Waals surface area contributed by atoms with Crippen LogP contribution < -0.4 is 11.1 Å². The van der Waals surface area contributed by atoms with Gasteiger partial charge < -0.3 is 11.1 Å². The minimum atomic E-state index is -0.132. The third-order valence-electron chi connectivity index (χ3n) is 3.03. The van der Waals surface area contributed by atoms with Crippen LogP contribution in [0.4, 0.5) is 5.13 Å². The molecular weight excluding hydrogens is 274 g/mol. The minimum absolute atomic E-state index is 0.108. The van der Waals surface area contributed by atoms with Gasteiger partial charge in [0.25, 0.3) is 5.91 Å². The zero-order valence-corrected chi connectivity index (χ0v) is 11.6. The van der Waals surface area contributed by atoms with E-state index in [1.807, 2.05) is 6.92 Å². The molecule has 4 N–H and O–H groups in total. The number of rotatable bonds is 3. The van der Waals surface area contributed by atoms with Gasteiger partial charge in [0, 0.05) is 17.3 Å². The van der Waals surface area contributed by atoms with Crippen molar-refractivity contribution in [2.45, 2.75) is 13.0 Å². The summed E-state index contributed by atoms with van der Waals surface area (Å²) >= 11 is 1.37. The molecule has 0 saturated carbocycles. The Morgan fingerprint density at radius 2 is 2.35 bits per heavy atom. The highest BCUT2D eigenvalue weighted by Crippen LogP contribution is 2.24. The maximum absolute atomic E-state index is 12.2. The van der Waals surface area contributed by atoms with Gasteiger partial charge in [-0.2, -0.15) is 5.10 Å². The van der Waals surface area contributed by atoms with E-state index in [1.54, 1.807) is 30.6 Å². The van der Waals surface area contributed by atoms with Crippen molar-refractivity contribution in [1.29, 1.82) is 0 Å². The summed E-state index contributed by atoms with van der Waals surface area (Å²) in [5, 5.41) is 10.0. The van der Waals surface area contributed by atoms with Crippen molar-refractivity contribution in [3.8, 4) is 0 Å². The van der Waals surface area contributed by atoms with Gasteiger partial charge in [0.15, 0.2) is 5.13 Å². The van der Waals surface area contributed by atoms with E-state index in [0.29, 0.717) is 10.7 Å². The average molecular weight is 287 g/mol. The molecule has 2 heterocycles. The monoisotopic (exact) mass is 287 g/mol. The van der Waals surface area contributed by atoms with Crippen LogP contribution in [0.1, 0.15) is 28.9 Å². The number of aromatic nitrogens is 3. The van der Waals surface area contributed by atoms with Gasteiger partial charge in [-0.1, -0.05) is 11.3 Å². The minimum Gasteiger partial charge on any atom is -0.375 e. The lowest BCUT2D eigenvalue weighted by atomic mass is 10.1. The second-order valence-corrected chi connectivity index (χ2v) is 5.52. The van der Waals surface area contributed by atoms with E-state index >= 15 is 0 Å². The van der Waals surface area contributed by atoms with Crippen molar-refractivity contribution in [2.24, 2.45) is 0 Å². The van der Waals surface area contributed by atoms with E-state index in [2.05, 4.69) is 20.5 Å². The van der Waals surface area contributed by atoms with Gasteiger partial charge in [-0.25, -0.2) is 4.98 Å². The number of aromatic amines is 1. The normalized spacial score (nSPS) is 12.4. The van der Waals surface area contributed by atoms with Gasteiger partial charge in [0.1, 0.15) is 0 Å². The summed E-state index contributed by atoms with van der Waals surface area (Å²) in [6.45, 7) is 1.91. The summed E-state index contributed by atoms with van der Waals surface area (Å²) in [6.07, 6.45) is 3.45. The number of hydrogen-bond acceptors (Lipinski definition) is 5. The number of H-pyrrole nitrogens is 1. The van der Waals surface area contributed by atoms with Gasteiger partial charge >= 0.3 is 0 Å². The molecule has 0 saturated heterocycles. The number of amides is 1. The molecule has 1 aromatic carbocycles. The first kappa shape index (κ1) is 12.6. The first-order valence-electron chi connectivity index (χ1n) is 6.09. The predicted molar refractivity (Wildman–Crippen MR) is 78.5 cm³/mol. The van der Waals surface area contributed by atoms with Crippen LogP contribution in [0.2, 0.25) is 0 Å². The van der Waals surface area contributed by atoms with Crippen molar-refractivity contribution in [3.63, 3.8) is 0 Å². The molecular formula is C13H13N5OS. The third-order valence-corrected chi connectivity index (χ3v) is 3.88. The molecule has 1 amide bonds. The molecule has 1 atom stereocenters. The molecule has 6 nitrogen and oxygen atoms in total. The second kappa shape index (κ2) is 4.93. The highest BCUT2D eigenvalue weighted by Gasteiger charge is 2.13. The summed E-state index contributed by atoms with van der Waals surface area (Å²) in [7, 11) is 0. The van der Waals surface area contributed by atoms with Crippen LogP contribution in [0, 0.1) is 0 Å². The molecule has 0 aliphatic rings. The van der Waals surface area contributed by atoms with E-state index < -0.39 is 0 Å². The second-order valence-electron chi connectivity index (χ2n) is 4.46. The van der Waals surface area contributed by atoms with Crippen LogP contribution in [0.15, 0.2) is 30.6 Å². The fraction of sp³-hybridized carbons (Fsp3) is 0.154. The molecule has 0 bridgehead atoms. The first-order valence-corrected chi connectivity index (χ1v) is 6.91. The maximum atomic E-state index is 12.2. The fourth-order valence-corrected chi connectivity index (χ4v) is 2.72. The number of nitrogens with zero attached hydrogens (tertiary/aromatic N) is 2. The maximum Gasteiger partial charge on any atom is 0.251 e. The van der Waals surface area contributed by atoms with Crippen LogP contribution in [0.3, 0.4) is 0 Å². The molecule has 0 aliphatic carbocycles. The number of nitrogen functional groups attached to an aromatic ring is 1. The number of carbonyl (C=O) groups is 1. The summed E-state index contributed by atoms with van der Waals surface area (Å²) in [5.41, 5.74) is 8.00. The average Bonchev–Trinajstić information content (AvgIpc) is 3.05. The van der Waals surface area contributed by atoms with Gasteiger partial charge in [-0.3, -0.25) is 9.89 Å². The third kappa shape index (κ3) is 2.35. The Balaban J connectivity index is 1.81. The van der Waals surface area contributed by atoms with E-state index in [9.17, 15) is 4.79 Å². The van der Waals surface area contributed by atoms with Crippen LogP contribution in [0.25, 0.3) is 10.2 Å². The van der Waals surface area contributed by atoms with Gasteiger partial charge in [-0.05, 0) is 25.1 Å². The molecule has 3 rings (SSSR count). The molecule has 0 aliphatic heterocycles. The Kier molecular flexibility index (Phi) is 3.11. The predicted octanol–water partition coefficient (Wildman–Crippen LogP) is 2.09. The van der Waals surface area contributed by atoms with E-state index in [0.717, 1.165) is 15.8 Å². The number of thiazole rings is 1. The molecule has 2 aromatic heterocycles. The topological polar surface area (TPSA) is 96.7 Å². The smallest absolute Gasteiger partial charge is 0.251 e. The zero-order chi connectivity index (χ0) is 14.1. The Bertz CT molecular complexity index is 749. The summed E-state index contributed by atoms with van der Waals surface area (Å²) in [6, 6.07) is 5.25. The number of nitrogens with two attached hydrogens (primary N) is 1.